The van der Waals surface area contributed by atoms with Gasteiger partial charge >= 0.3 is 0 Å². The zero-order valence-electron chi connectivity index (χ0n) is 18.7. The van der Waals surface area contributed by atoms with Crippen LogP contribution in [0.15, 0.2) is 120 Å². The van der Waals surface area contributed by atoms with Crippen molar-refractivity contribution in [2.24, 2.45) is 0 Å². The third-order valence-corrected chi connectivity index (χ3v) is 7.08. The van der Waals surface area contributed by atoms with Crippen molar-refractivity contribution < 1.29 is 18.0 Å². The van der Waals surface area contributed by atoms with E-state index in [1.165, 1.54) is 5.06 Å². The van der Waals surface area contributed by atoms with Crippen LogP contribution >= 0.6 is 0 Å². The Bertz CT molecular complexity index is 1320. The van der Waals surface area contributed by atoms with Gasteiger partial charge in [-0.2, -0.15) is 5.06 Å². The molecule has 0 heterocycles. The van der Waals surface area contributed by atoms with E-state index >= 15 is 0 Å². The number of hydrogen-bond donors (Lipinski definition) is 0. The molecule has 4 rings (SSSR count). The zero-order chi connectivity index (χ0) is 24.0. The number of hydroxylamine groups is 1. The summed E-state index contributed by atoms with van der Waals surface area (Å²) >= 11 is 0. The van der Waals surface area contributed by atoms with Gasteiger partial charge in [-0.1, -0.05) is 84.4 Å². The maximum atomic E-state index is 13.4. The van der Waals surface area contributed by atoms with Crippen molar-refractivity contribution in [2.75, 3.05) is 10.8 Å². The molecule has 4 aromatic carbocycles. The van der Waals surface area contributed by atoms with Crippen LogP contribution in [0.5, 0.6) is 0 Å². The molecule has 0 saturated heterocycles. The number of amides is 1. The van der Waals surface area contributed by atoms with Crippen molar-refractivity contribution >= 4 is 21.4 Å². The first-order valence-electron chi connectivity index (χ1n) is 10.9. The van der Waals surface area contributed by atoms with E-state index in [0.29, 0.717) is 16.8 Å². The Labute approximate surface area is 200 Å². The molecule has 6 heteroatoms. The number of sulfone groups is 1. The highest BCUT2D eigenvalue weighted by Gasteiger charge is 2.29. The van der Waals surface area contributed by atoms with Crippen molar-refractivity contribution in [3.63, 3.8) is 0 Å². The van der Waals surface area contributed by atoms with Crippen molar-refractivity contribution in [3.05, 3.63) is 132 Å². The average Bonchev–Trinajstić information content (AvgIpc) is 2.88. The van der Waals surface area contributed by atoms with Crippen LogP contribution in [0.1, 0.15) is 27.6 Å². The Kier molecular flexibility index (Phi) is 7.21. The van der Waals surface area contributed by atoms with Gasteiger partial charge in [0, 0.05) is 5.56 Å². The molecule has 0 aliphatic rings. The second kappa shape index (κ2) is 10.5. The Morgan fingerprint density at radius 3 is 1.88 bits per heavy atom. The molecule has 1 amide bonds. The molecular weight excluding hydrogens is 446 g/mol. The number of carbonyl (C=O) groups excluding carboxylic acids is 1. The third-order valence-electron chi connectivity index (χ3n) is 5.35. The monoisotopic (exact) mass is 471 g/mol. The Hall–Kier alpha value is -3.74. The van der Waals surface area contributed by atoms with Gasteiger partial charge in [-0.25, -0.2) is 8.42 Å². The minimum absolute atomic E-state index is 0.211. The van der Waals surface area contributed by atoms with E-state index in [1.54, 1.807) is 84.9 Å². The molecule has 4 aromatic rings. The van der Waals surface area contributed by atoms with Crippen LogP contribution in [-0.2, 0) is 14.7 Å². The van der Waals surface area contributed by atoms with Crippen LogP contribution in [0.2, 0.25) is 0 Å². The minimum atomic E-state index is -3.71. The molecule has 0 radical (unpaired) electrons. The van der Waals surface area contributed by atoms with E-state index in [1.807, 2.05) is 37.3 Å². The molecule has 34 heavy (non-hydrogen) atoms. The summed E-state index contributed by atoms with van der Waals surface area (Å²) in [7, 11) is -3.71. The van der Waals surface area contributed by atoms with Crippen LogP contribution < -0.4 is 5.06 Å². The first kappa shape index (κ1) is 23.4. The lowest BCUT2D eigenvalue weighted by Gasteiger charge is -2.28. The van der Waals surface area contributed by atoms with Crippen LogP contribution in [0.25, 0.3) is 0 Å². The summed E-state index contributed by atoms with van der Waals surface area (Å²) in [6.45, 7) is 1.90. The molecule has 5 nitrogen and oxygen atoms in total. The summed E-state index contributed by atoms with van der Waals surface area (Å²) in [5.41, 5.74) is 2.56. The smallest absolute Gasteiger partial charge is 0.266 e. The number of hydrogen-bond acceptors (Lipinski definition) is 4. The molecule has 0 saturated carbocycles. The molecule has 0 aromatic heterocycles. The zero-order valence-corrected chi connectivity index (χ0v) is 19.6. The normalized spacial score (nSPS) is 12.1. The van der Waals surface area contributed by atoms with Crippen LogP contribution in [0, 0.1) is 6.92 Å². The standard InChI is InChI=1S/C28H25NO4S/c1-22-17-19-26(20-18-22)34(31,32)21-27(23-11-5-2-6-12-23)33-29(25-15-9-4-10-16-25)28(30)24-13-7-3-8-14-24/h2-20,27H,21H2,1H3/t27-/m1/s1. The predicted molar refractivity (Wildman–Crippen MR) is 133 cm³/mol. The fourth-order valence-electron chi connectivity index (χ4n) is 3.51. The first-order valence-corrected chi connectivity index (χ1v) is 12.5. The van der Waals surface area contributed by atoms with Crippen molar-refractivity contribution in [2.45, 2.75) is 17.9 Å². The van der Waals surface area contributed by atoms with Gasteiger partial charge in [-0.05, 0) is 48.9 Å². The highest BCUT2D eigenvalue weighted by Crippen LogP contribution is 2.28. The Morgan fingerprint density at radius 1 is 0.765 bits per heavy atom. The second-order valence-electron chi connectivity index (χ2n) is 7.90. The van der Waals surface area contributed by atoms with E-state index in [2.05, 4.69) is 0 Å². The number of rotatable bonds is 8. The molecule has 0 N–H and O–H groups in total. The van der Waals surface area contributed by atoms with Gasteiger partial charge in [0.25, 0.3) is 5.91 Å². The summed E-state index contributed by atoms with van der Waals surface area (Å²) in [5.74, 6) is -0.716. The van der Waals surface area contributed by atoms with Gasteiger partial charge in [-0.3, -0.25) is 9.63 Å². The summed E-state index contributed by atoms with van der Waals surface area (Å²) in [6.07, 6.45) is -0.916. The molecule has 0 unspecified atom stereocenters. The molecule has 0 aliphatic heterocycles. The Balaban J connectivity index is 1.72. The maximum Gasteiger partial charge on any atom is 0.282 e. The lowest BCUT2D eigenvalue weighted by molar-refractivity contribution is 0.0357. The fraction of sp³-hybridized carbons (Fsp3) is 0.107. The summed E-state index contributed by atoms with van der Waals surface area (Å²) in [4.78, 5) is 19.9. The molecule has 172 valence electrons. The van der Waals surface area contributed by atoms with E-state index in [9.17, 15) is 13.2 Å². The van der Waals surface area contributed by atoms with Gasteiger partial charge < -0.3 is 0 Å². The van der Waals surface area contributed by atoms with Gasteiger partial charge in [0.15, 0.2) is 9.84 Å². The van der Waals surface area contributed by atoms with Crippen LogP contribution in [0.3, 0.4) is 0 Å². The number of carbonyl (C=O) groups is 1. The maximum absolute atomic E-state index is 13.4. The summed E-state index contributed by atoms with van der Waals surface area (Å²) in [6, 6.07) is 33.5. The quantitative estimate of drug-likeness (QED) is 0.305. The average molecular weight is 472 g/mol. The lowest BCUT2D eigenvalue weighted by atomic mass is 10.1. The third kappa shape index (κ3) is 5.60. The highest BCUT2D eigenvalue weighted by atomic mass is 32.2. The molecule has 0 spiro atoms. The van der Waals surface area contributed by atoms with E-state index in [-0.39, 0.29) is 16.6 Å². The molecular formula is C28H25NO4S. The van der Waals surface area contributed by atoms with Gasteiger partial charge in [0.2, 0.25) is 0 Å². The fourth-order valence-corrected chi connectivity index (χ4v) is 4.91. The minimum Gasteiger partial charge on any atom is -0.266 e. The highest BCUT2D eigenvalue weighted by molar-refractivity contribution is 7.91. The first-order chi connectivity index (χ1) is 16.4. The number of benzene rings is 4. The topological polar surface area (TPSA) is 63.7 Å². The van der Waals surface area contributed by atoms with Gasteiger partial charge in [-0.15, -0.1) is 0 Å². The Morgan fingerprint density at radius 2 is 1.29 bits per heavy atom. The molecule has 0 bridgehead atoms. The number of aryl methyl sites for hydroxylation is 1. The SMILES string of the molecule is Cc1ccc(S(=O)(=O)C[C@@H](ON(C(=O)c2ccccc2)c2ccccc2)c2ccccc2)cc1. The largest absolute Gasteiger partial charge is 0.282 e. The van der Waals surface area contributed by atoms with Crippen molar-refractivity contribution in [1.29, 1.82) is 0 Å². The van der Waals surface area contributed by atoms with Gasteiger partial charge in [0.05, 0.1) is 16.3 Å². The van der Waals surface area contributed by atoms with Crippen LogP contribution in [-0.4, -0.2) is 20.1 Å². The second-order valence-corrected chi connectivity index (χ2v) is 9.93. The molecule has 1 atom stereocenters. The van der Waals surface area contributed by atoms with E-state index in [0.717, 1.165) is 5.56 Å². The number of para-hydroxylation sites is 1. The lowest BCUT2D eigenvalue weighted by Crippen LogP contribution is -2.34. The summed E-state index contributed by atoms with van der Waals surface area (Å²) < 4.78 is 26.6. The summed E-state index contributed by atoms with van der Waals surface area (Å²) in [5, 5.41) is 1.18. The van der Waals surface area contributed by atoms with Crippen LogP contribution in [0.4, 0.5) is 5.69 Å². The van der Waals surface area contributed by atoms with Gasteiger partial charge in [0.1, 0.15) is 6.10 Å². The predicted octanol–water partition coefficient (Wildman–Crippen LogP) is 5.79. The number of anilines is 1. The number of nitrogens with zero attached hydrogens (tertiary/aromatic N) is 1. The van der Waals surface area contributed by atoms with Crippen molar-refractivity contribution in [3.8, 4) is 0 Å². The van der Waals surface area contributed by atoms with Crippen molar-refractivity contribution in [1.82, 2.24) is 0 Å². The molecule has 0 fully saturated rings. The molecule has 0 aliphatic carbocycles. The van der Waals surface area contributed by atoms with E-state index in [4.69, 9.17) is 4.84 Å². The van der Waals surface area contributed by atoms with E-state index < -0.39 is 15.9 Å².